The predicted molar refractivity (Wildman–Crippen MR) is 113 cm³/mol. The van der Waals surface area contributed by atoms with Gasteiger partial charge in [-0.2, -0.15) is 0 Å². The Balaban J connectivity index is 2.43. The maximum absolute atomic E-state index is 13.6. The number of rotatable bonds is 8. The third kappa shape index (κ3) is 4.57. The first-order valence-corrected chi connectivity index (χ1v) is 10.8. The molecule has 6 heteroatoms. The number of Topliss-reactive ketones (excluding diaryl/α,β-unsaturated/α-hetero) is 1. The van der Waals surface area contributed by atoms with E-state index in [1.54, 1.807) is 11.8 Å². The first kappa shape index (κ1) is 23.2. The van der Waals surface area contributed by atoms with Gasteiger partial charge in [-0.3, -0.25) is 9.59 Å². The number of ketones is 1. The number of ether oxygens (including phenoxy) is 1. The first-order valence-electron chi connectivity index (χ1n) is 10.8. The Morgan fingerprint density at radius 2 is 1.72 bits per heavy atom. The van der Waals surface area contributed by atoms with Crippen molar-refractivity contribution in [1.82, 2.24) is 9.47 Å². The van der Waals surface area contributed by atoms with Crippen LogP contribution in [0.25, 0.3) is 0 Å². The second kappa shape index (κ2) is 9.59. The molecular weight excluding hydrogens is 368 g/mol. The Labute approximate surface area is 174 Å². The molecule has 1 aliphatic rings. The number of carbonyl (C=O) groups excluding carboxylic acids is 3. The molecule has 0 spiro atoms. The molecular formula is C23H36N2O4. The lowest BCUT2D eigenvalue weighted by Gasteiger charge is -2.32. The topological polar surface area (TPSA) is 68.6 Å². The molecule has 0 saturated heterocycles. The SMILES string of the molecule is CCn1c(C)c(C(=O)C(C)N(CC(C)C)C(=O)C2CCCC2)c(C)c1C(=O)OC. The van der Waals surface area contributed by atoms with Crippen molar-refractivity contribution < 1.29 is 19.1 Å². The van der Waals surface area contributed by atoms with Gasteiger partial charge >= 0.3 is 5.97 Å². The van der Waals surface area contributed by atoms with E-state index < -0.39 is 12.0 Å². The van der Waals surface area contributed by atoms with Crippen LogP contribution in [-0.2, 0) is 16.1 Å². The van der Waals surface area contributed by atoms with E-state index in [9.17, 15) is 14.4 Å². The molecule has 29 heavy (non-hydrogen) atoms. The summed E-state index contributed by atoms with van der Waals surface area (Å²) in [6.45, 7) is 12.6. The van der Waals surface area contributed by atoms with E-state index in [1.165, 1.54) is 7.11 Å². The van der Waals surface area contributed by atoms with Crippen molar-refractivity contribution in [2.45, 2.75) is 79.8 Å². The fraction of sp³-hybridized carbons (Fsp3) is 0.696. The molecule has 0 aromatic carbocycles. The van der Waals surface area contributed by atoms with Gasteiger partial charge in [0.05, 0.1) is 13.2 Å². The molecule has 162 valence electrons. The van der Waals surface area contributed by atoms with Crippen LogP contribution < -0.4 is 0 Å². The van der Waals surface area contributed by atoms with Gasteiger partial charge in [0.25, 0.3) is 0 Å². The van der Waals surface area contributed by atoms with Crippen LogP contribution in [-0.4, -0.2) is 46.8 Å². The van der Waals surface area contributed by atoms with E-state index in [-0.39, 0.29) is 23.5 Å². The van der Waals surface area contributed by atoms with Crippen LogP contribution >= 0.6 is 0 Å². The van der Waals surface area contributed by atoms with Crippen LogP contribution in [0.3, 0.4) is 0 Å². The largest absolute Gasteiger partial charge is 0.464 e. The maximum atomic E-state index is 13.6. The molecule has 0 radical (unpaired) electrons. The van der Waals surface area contributed by atoms with Gasteiger partial charge < -0.3 is 14.2 Å². The average Bonchev–Trinajstić information content (AvgIpc) is 3.30. The van der Waals surface area contributed by atoms with Crippen molar-refractivity contribution >= 4 is 17.7 Å². The molecule has 6 nitrogen and oxygen atoms in total. The fourth-order valence-corrected chi connectivity index (χ4v) is 4.60. The predicted octanol–water partition coefficient (Wildman–Crippen LogP) is 4.16. The summed E-state index contributed by atoms with van der Waals surface area (Å²) in [5, 5.41) is 0. The van der Waals surface area contributed by atoms with Gasteiger partial charge in [-0.15, -0.1) is 0 Å². The van der Waals surface area contributed by atoms with Crippen LogP contribution in [0.15, 0.2) is 0 Å². The van der Waals surface area contributed by atoms with Gasteiger partial charge in [0, 0.05) is 30.3 Å². The molecule has 0 bridgehead atoms. The number of esters is 1. The van der Waals surface area contributed by atoms with E-state index in [0.29, 0.717) is 29.9 Å². The number of aromatic nitrogens is 1. The minimum absolute atomic E-state index is 0.0251. The van der Waals surface area contributed by atoms with Gasteiger partial charge in [0.1, 0.15) is 5.69 Å². The van der Waals surface area contributed by atoms with Gasteiger partial charge in [0.15, 0.2) is 5.78 Å². The number of nitrogens with zero attached hydrogens (tertiary/aromatic N) is 2. The minimum Gasteiger partial charge on any atom is -0.464 e. The Morgan fingerprint density at radius 1 is 1.14 bits per heavy atom. The summed E-state index contributed by atoms with van der Waals surface area (Å²) >= 11 is 0. The molecule has 1 saturated carbocycles. The molecule has 0 N–H and O–H groups in total. The van der Waals surface area contributed by atoms with E-state index in [2.05, 4.69) is 13.8 Å². The average molecular weight is 405 g/mol. The molecule has 1 amide bonds. The fourth-order valence-electron chi connectivity index (χ4n) is 4.60. The van der Waals surface area contributed by atoms with E-state index in [0.717, 1.165) is 31.4 Å². The van der Waals surface area contributed by atoms with E-state index in [4.69, 9.17) is 4.74 Å². The third-order valence-corrected chi connectivity index (χ3v) is 6.10. The lowest BCUT2D eigenvalue weighted by Crippen LogP contribution is -2.47. The number of carbonyl (C=O) groups is 3. The zero-order chi connectivity index (χ0) is 21.9. The minimum atomic E-state index is -0.568. The number of hydrogen-bond donors (Lipinski definition) is 0. The summed E-state index contributed by atoms with van der Waals surface area (Å²) < 4.78 is 6.76. The summed E-state index contributed by atoms with van der Waals surface area (Å²) in [4.78, 5) is 40.8. The van der Waals surface area contributed by atoms with Gasteiger partial charge in [0.2, 0.25) is 5.91 Å². The molecule has 1 heterocycles. The Hall–Kier alpha value is -2.11. The molecule has 0 aliphatic heterocycles. The molecule has 2 rings (SSSR count). The van der Waals surface area contributed by atoms with Crippen molar-refractivity contribution in [1.29, 1.82) is 0 Å². The van der Waals surface area contributed by atoms with Crippen molar-refractivity contribution in [3.63, 3.8) is 0 Å². The second-order valence-electron chi connectivity index (χ2n) is 8.58. The summed E-state index contributed by atoms with van der Waals surface area (Å²) in [6.07, 6.45) is 3.97. The maximum Gasteiger partial charge on any atom is 0.354 e. The van der Waals surface area contributed by atoms with Crippen LogP contribution in [0.5, 0.6) is 0 Å². The second-order valence-corrected chi connectivity index (χ2v) is 8.58. The lowest BCUT2D eigenvalue weighted by molar-refractivity contribution is -0.137. The number of methoxy groups -OCH3 is 1. The highest BCUT2D eigenvalue weighted by Gasteiger charge is 2.36. The van der Waals surface area contributed by atoms with Crippen molar-refractivity contribution in [3.8, 4) is 0 Å². The van der Waals surface area contributed by atoms with Crippen LogP contribution in [0.1, 0.15) is 85.5 Å². The monoisotopic (exact) mass is 404 g/mol. The molecule has 1 aliphatic carbocycles. The van der Waals surface area contributed by atoms with E-state index >= 15 is 0 Å². The summed E-state index contributed by atoms with van der Waals surface area (Å²) in [6, 6.07) is -0.568. The smallest absolute Gasteiger partial charge is 0.354 e. The molecule has 1 unspecified atom stereocenters. The lowest BCUT2D eigenvalue weighted by atomic mass is 9.97. The van der Waals surface area contributed by atoms with Crippen molar-refractivity contribution in [2.75, 3.05) is 13.7 Å². The first-order chi connectivity index (χ1) is 13.6. The highest BCUT2D eigenvalue weighted by Crippen LogP contribution is 2.30. The quantitative estimate of drug-likeness (QED) is 0.482. The number of hydrogen-bond acceptors (Lipinski definition) is 4. The highest BCUT2D eigenvalue weighted by molar-refractivity contribution is 6.06. The zero-order valence-corrected chi connectivity index (χ0v) is 19.0. The summed E-state index contributed by atoms with van der Waals surface area (Å²) in [5.41, 5.74) is 2.33. The zero-order valence-electron chi connectivity index (χ0n) is 19.0. The third-order valence-electron chi connectivity index (χ3n) is 6.10. The summed E-state index contributed by atoms with van der Waals surface area (Å²) in [7, 11) is 1.35. The Bertz CT molecular complexity index is 772. The van der Waals surface area contributed by atoms with Crippen LogP contribution in [0, 0.1) is 25.7 Å². The Kier molecular flexibility index (Phi) is 7.66. The van der Waals surface area contributed by atoms with Crippen LogP contribution in [0.4, 0.5) is 0 Å². The standard InChI is InChI=1S/C23H36N2O4/c1-8-24-16(5)19(15(4)20(24)23(28)29-7)21(26)17(6)25(13-14(2)3)22(27)18-11-9-10-12-18/h14,17-18H,8-13H2,1-7H3. The highest BCUT2D eigenvalue weighted by atomic mass is 16.5. The van der Waals surface area contributed by atoms with E-state index in [1.807, 2.05) is 25.3 Å². The summed E-state index contributed by atoms with van der Waals surface area (Å²) in [5.74, 6) is -0.166. The molecule has 1 atom stereocenters. The molecule has 1 aromatic heterocycles. The van der Waals surface area contributed by atoms with Crippen molar-refractivity contribution in [3.05, 3.63) is 22.5 Å². The normalized spacial score (nSPS) is 15.6. The molecule has 1 fully saturated rings. The van der Waals surface area contributed by atoms with Crippen LogP contribution in [0.2, 0.25) is 0 Å². The van der Waals surface area contributed by atoms with Gasteiger partial charge in [-0.05, 0) is 52.0 Å². The molecule has 1 aromatic rings. The van der Waals surface area contributed by atoms with Gasteiger partial charge in [-0.1, -0.05) is 26.7 Å². The van der Waals surface area contributed by atoms with Gasteiger partial charge in [-0.25, -0.2) is 4.79 Å². The Morgan fingerprint density at radius 3 is 2.21 bits per heavy atom. The van der Waals surface area contributed by atoms with Crippen molar-refractivity contribution in [2.24, 2.45) is 11.8 Å². The number of amides is 1.